The van der Waals surface area contributed by atoms with E-state index in [9.17, 15) is 0 Å². The van der Waals surface area contributed by atoms with Gasteiger partial charge in [0.1, 0.15) is 11.3 Å². The molecule has 0 spiro atoms. The molecule has 24 heavy (non-hydrogen) atoms. The van der Waals surface area contributed by atoms with Gasteiger partial charge in [-0.3, -0.25) is 0 Å². The van der Waals surface area contributed by atoms with Gasteiger partial charge >= 0.3 is 0 Å². The number of nitrogen functional groups attached to an aromatic ring is 1. The van der Waals surface area contributed by atoms with Crippen molar-refractivity contribution in [1.29, 1.82) is 5.41 Å². The number of nitrogens with two attached hydrogens (primary N) is 1. The molecule has 3 heteroatoms. The number of hydrogen-bond acceptors (Lipinski definition) is 3. The van der Waals surface area contributed by atoms with Crippen LogP contribution in [-0.4, -0.2) is 0 Å². The fourth-order valence-electron chi connectivity index (χ4n) is 3.34. The summed E-state index contributed by atoms with van der Waals surface area (Å²) in [6.45, 7) is 4.21. The molecule has 3 N–H and O–H groups in total. The summed E-state index contributed by atoms with van der Waals surface area (Å²) >= 11 is 0. The first kappa shape index (κ1) is 14.5. The SMILES string of the molecule is Cc1cc(C)cc(-c2c3ccc(=N)cc-3oc3cc(N)ccc23)c1. The Labute approximate surface area is 140 Å². The standard InChI is InChI=1S/C21H18N2O/c1-12-7-13(2)9-14(8-12)21-17-5-3-15(22)10-19(17)24-20-11-16(23)4-6-18(20)21/h3-11,22H,23H2,1-2H3. The lowest BCUT2D eigenvalue weighted by Crippen LogP contribution is -2.00. The van der Waals surface area contributed by atoms with Gasteiger partial charge in [0.15, 0.2) is 0 Å². The maximum Gasteiger partial charge on any atom is 0.137 e. The predicted octanol–water partition coefficient (Wildman–Crippen LogP) is 4.88. The number of benzene rings is 3. The second-order valence-corrected chi connectivity index (χ2v) is 6.32. The van der Waals surface area contributed by atoms with Crippen LogP contribution >= 0.6 is 0 Å². The number of aryl methyl sites for hydroxylation is 2. The molecule has 0 amide bonds. The van der Waals surface area contributed by atoms with E-state index in [2.05, 4.69) is 32.0 Å². The Morgan fingerprint density at radius 1 is 0.875 bits per heavy atom. The van der Waals surface area contributed by atoms with Crippen molar-refractivity contribution in [2.24, 2.45) is 0 Å². The van der Waals surface area contributed by atoms with E-state index < -0.39 is 0 Å². The van der Waals surface area contributed by atoms with Crippen LogP contribution in [0, 0.1) is 19.3 Å². The van der Waals surface area contributed by atoms with Crippen LogP contribution in [0.4, 0.5) is 5.69 Å². The lowest BCUT2D eigenvalue weighted by molar-refractivity contribution is 0.619. The smallest absolute Gasteiger partial charge is 0.137 e. The lowest BCUT2D eigenvalue weighted by Gasteiger charge is -2.16. The van der Waals surface area contributed by atoms with Crippen LogP contribution in [-0.2, 0) is 0 Å². The summed E-state index contributed by atoms with van der Waals surface area (Å²) in [4.78, 5) is 0. The molecule has 0 saturated carbocycles. The van der Waals surface area contributed by atoms with Gasteiger partial charge in [0.25, 0.3) is 0 Å². The second-order valence-electron chi connectivity index (χ2n) is 6.32. The zero-order valence-electron chi connectivity index (χ0n) is 13.7. The fourth-order valence-corrected chi connectivity index (χ4v) is 3.34. The van der Waals surface area contributed by atoms with Crippen LogP contribution in [0.25, 0.3) is 33.4 Å². The van der Waals surface area contributed by atoms with Crippen LogP contribution in [0.1, 0.15) is 11.1 Å². The summed E-state index contributed by atoms with van der Waals surface area (Å²) in [5.74, 6) is 0.703. The van der Waals surface area contributed by atoms with E-state index in [1.807, 2.05) is 24.3 Å². The number of hydrogen-bond donors (Lipinski definition) is 2. The minimum Gasteiger partial charge on any atom is -0.456 e. The summed E-state index contributed by atoms with van der Waals surface area (Å²) in [6, 6.07) is 17.8. The highest BCUT2D eigenvalue weighted by atomic mass is 16.3. The van der Waals surface area contributed by atoms with E-state index in [0.717, 1.165) is 27.7 Å². The van der Waals surface area contributed by atoms with Crippen LogP contribution in [0.2, 0.25) is 0 Å². The molecule has 1 aliphatic heterocycles. The quantitative estimate of drug-likeness (QED) is 0.388. The Balaban J connectivity index is 2.20. The van der Waals surface area contributed by atoms with Crippen LogP contribution < -0.4 is 11.1 Å². The first-order valence-corrected chi connectivity index (χ1v) is 7.91. The van der Waals surface area contributed by atoms with Crippen molar-refractivity contribution in [3.05, 3.63) is 71.1 Å². The Hall–Kier alpha value is -3.07. The molecule has 2 aromatic carbocycles. The van der Waals surface area contributed by atoms with Gasteiger partial charge in [0.2, 0.25) is 0 Å². The van der Waals surface area contributed by atoms with Gasteiger partial charge in [0.05, 0.1) is 5.36 Å². The van der Waals surface area contributed by atoms with Crippen molar-refractivity contribution >= 4 is 16.7 Å². The van der Waals surface area contributed by atoms with Crippen molar-refractivity contribution in [2.75, 3.05) is 5.73 Å². The number of anilines is 1. The second kappa shape index (κ2) is 5.24. The molecule has 118 valence electrons. The number of fused-ring (bicyclic) bond motifs is 2. The number of nitrogens with one attached hydrogen (secondary N) is 1. The molecular weight excluding hydrogens is 296 g/mol. The Bertz CT molecular complexity index is 1090. The minimum absolute atomic E-state index is 0.431. The van der Waals surface area contributed by atoms with E-state index in [-0.39, 0.29) is 0 Å². The van der Waals surface area contributed by atoms with Crippen molar-refractivity contribution in [2.45, 2.75) is 13.8 Å². The van der Waals surface area contributed by atoms with Crippen molar-refractivity contribution in [3.8, 4) is 22.5 Å². The topological polar surface area (TPSA) is 63.0 Å². The zero-order valence-corrected chi connectivity index (χ0v) is 13.7. The van der Waals surface area contributed by atoms with E-state index in [1.165, 1.54) is 11.1 Å². The fraction of sp³-hybridized carbons (Fsp3) is 0.0952. The summed E-state index contributed by atoms with van der Waals surface area (Å²) in [6.07, 6.45) is 0. The van der Waals surface area contributed by atoms with E-state index in [4.69, 9.17) is 15.6 Å². The zero-order chi connectivity index (χ0) is 16.8. The monoisotopic (exact) mass is 314 g/mol. The van der Waals surface area contributed by atoms with Gasteiger partial charge < -0.3 is 15.6 Å². The molecule has 0 bridgehead atoms. The average molecular weight is 314 g/mol. The van der Waals surface area contributed by atoms with Gasteiger partial charge in [-0.15, -0.1) is 0 Å². The predicted molar refractivity (Wildman–Crippen MR) is 98.0 cm³/mol. The highest BCUT2D eigenvalue weighted by molar-refractivity contribution is 6.02. The number of rotatable bonds is 1. The third-order valence-corrected chi connectivity index (χ3v) is 4.26. The molecule has 0 radical (unpaired) electrons. The van der Waals surface area contributed by atoms with Crippen molar-refractivity contribution in [1.82, 2.24) is 0 Å². The molecule has 0 unspecified atom stereocenters. The third-order valence-electron chi connectivity index (χ3n) is 4.26. The van der Waals surface area contributed by atoms with E-state index in [1.54, 1.807) is 12.1 Å². The van der Waals surface area contributed by atoms with Crippen LogP contribution in [0.5, 0.6) is 0 Å². The molecular formula is C21H18N2O. The third kappa shape index (κ3) is 2.35. The molecule has 0 atom stereocenters. The van der Waals surface area contributed by atoms with Crippen LogP contribution in [0.3, 0.4) is 0 Å². The largest absolute Gasteiger partial charge is 0.456 e. The maximum atomic E-state index is 7.89. The molecule has 2 aromatic rings. The molecule has 0 aromatic heterocycles. The van der Waals surface area contributed by atoms with E-state index in [0.29, 0.717) is 16.8 Å². The molecule has 0 saturated heterocycles. The maximum absolute atomic E-state index is 7.89. The Kier molecular flexibility index (Phi) is 3.17. The van der Waals surface area contributed by atoms with Crippen molar-refractivity contribution in [3.63, 3.8) is 0 Å². The minimum atomic E-state index is 0.431. The highest BCUT2D eigenvalue weighted by Gasteiger charge is 2.17. The summed E-state index contributed by atoms with van der Waals surface area (Å²) in [5.41, 5.74) is 13.1. The van der Waals surface area contributed by atoms with Gasteiger partial charge in [-0.2, -0.15) is 0 Å². The van der Waals surface area contributed by atoms with Gasteiger partial charge in [-0.05, 0) is 43.7 Å². The summed E-state index contributed by atoms with van der Waals surface area (Å²) in [7, 11) is 0. The molecule has 1 aliphatic carbocycles. The van der Waals surface area contributed by atoms with Crippen molar-refractivity contribution < 1.29 is 4.42 Å². The Morgan fingerprint density at radius 2 is 1.62 bits per heavy atom. The normalized spacial score (nSPS) is 11.2. The van der Waals surface area contributed by atoms with Gasteiger partial charge in [-0.25, -0.2) is 0 Å². The first-order valence-electron chi connectivity index (χ1n) is 7.91. The van der Waals surface area contributed by atoms with Crippen LogP contribution in [0.15, 0.2) is 59.0 Å². The Morgan fingerprint density at radius 3 is 2.38 bits per heavy atom. The average Bonchev–Trinajstić information content (AvgIpc) is 2.51. The van der Waals surface area contributed by atoms with Gasteiger partial charge in [0, 0.05) is 34.3 Å². The summed E-state index contributed by atoms with van der Waals surface area (Å²) < 4.78 is 6.03. The summed E-state index contributed by atoms with van der Waals surface area (Å²) in [5, 5.41) is 9.34. The first-order chi connectivity index (χ1) is 11.5. The molecule has 1 heterocycles. The highest BCUT2D eigenvalue weighted by Crippen LogP contribution is 2.40. The van der Waals surface area contributed by atoms with E-state index >= 15 is 0 Å². The van der Waals surface area contributed by atoms with Gasteiger partial charge in [-0.1, -0.05) is 29.3 Å². The lowest BCUT2D eigenvalue weighted by atomic mass is 9.92. The molecule has 2 aliphatic rings. The molecule has 0 fully saturated rings. The molecule has 4 rings (SSSR count). The molecule has 3 nitrogen and oxygen atoms in total.